The SMILES string of the molecule is CC[C@H](C)CCCCCCCc1ncc(-c2ccc(OC(=O)[C@@H]3O[C@@H]3C)cc2)cn1. The predicted molar refractivity (Wildman–Crippen MR) is 118 cm³/mol. The van der Waals surface area contributed by atoms with Crippen molar-refractivity contribution < 1.29 is 14.3 Å². The van der Waals surface area contributed by atoms with Crippen LogP contribution in [0.15, 0.2) is 36.7 Å². The Morgan fingerprint density at radius 3 is 2.30 bits per heavy atom. The lowest BCUT2D eigenvalue weighted by atomic mass is 10.00. The van der Waals surface area contributed by atoms with E-state index in [1.54, 1.807) is 12.1 Å². The van der Waals surface area contributed by atoms with Crippen molar-refractivity contribution in [1.82, 2.24) is 9.97 Å². The summed E-state index contributed by atoms with van der Waals surface area (Å²) >= 11 is 0. The van der Waals surface area contributed by atoms with Gasteiger partial charge in [-0.25, -0.2) is 14.8 Å². The van der Waals surface area contributed by atoms with Gasteiger partial charge in [-0.2, -0.15) is 0 Å². The van der Waals surface area contributed by atoms with Gasteiger partial charge in [-0.3, -0.25) is 0 Å². The fraction of sp³-hybridized carbons (Fsp3) is 0.560. The molecule has 3 rings (SSSR count). The molecule has 2 heterocycles. The van der Waals surface area contributed by atoms with E-state index in [2.05, 4.69) is 23.8 Å². The fourth-order valence-corrected chi connectivity index (χ4v) is 3.47. The van der Waals surface area contributed by atoms with Crippen LogP contribution in [-0.2, 0) is 16.0 Å². The number of rotatable bonds is 12. The topological polar surface area (TPSA) is 64.6 Å². The van der Waals surface area contributed by atoms with E-state index in [1.165, 1.54) is 38.5 Å². The van der Waals surface area contributed by atoms with E-state index in [9.17, 15) is 4.79 Å². The molecule has 0 aliphatic carbocycles. The van der Waals surface area contributed by atoms with E-state index in [0.717, 1.165) is 35.7 Å². The second kappa shape index (κ2) is 11.2. The zero-order valence-electron chi connectivity index (χ0n) is 18.5. The third-order valence-electron chi connectivity index (χ3n) is 5.85. The number of aromatic nitrogens is 2. The number of ether oxygens (including phenoxy) is 2. The molecule has 0 unspecified atom stereocenters. The average molecular weight is 411 g/mol. The van der Waals surface area contributed by atoms with Gasteiger partial charge in [-0.05, 0) is 37.0 Å². The molecule has 0 saturated carbocycles. The van der Waals surface area contributed by atoms with E-state index in [-0.39, 0.29) is 12.1 Å². The van der Waals surface area contributed by atoms with Crippen LogP contribution < -0.4 is 4.74 Å². The van der Waals surface area contributed by atoms with Crippen LogP contribution in [-0.4, -0.2) is 28.1 Å². The van der Waals surface area contributed by atoms with Crippen LogP contribution >= 0.6 is 0 Å². The molecule has 3 atom stereocenters. The largest absolute Gasteiger partial charge is 0.425 e. The van der Waals surface area contributed by atoms with Crippen LogP contribution in [0.2, 0.25) is 0 Å². The Labute approximate surface area is 180 Å². The Balaban J connectivity index is 1.38. The van der Waals surface area contributed by atoms with Gasteiger partial charge >= 0.3 is 5.97 Å². The summed E-state index contributed by atoms with van der Waals surface area (Å²) in [7, 11) is 0. The highest BCUT2D eigenvalue weighted by atomic mass is 16.6. The highest BCUT2D eigenvalue weighted by Crippen LogP contribution is 2.25. The standard InChI is InChI=1S/C25H34N2O3/c1-4-18(2)10-8-6-5-7-9-11-23-26-16-21(17-27-23)20-12-14-22(15-13-20)30-25(28)24-19(3)29-24/h12-19,24H,4-11H2,1-3H3/t18-,19+,24+/m0/s1. The maximum absolute atomic E-state index is 11.8. The summed E-state index contributed by atoms with van der Waals surface area (Å²) in [5.41, 5.74) is 1.96. The second-order valence-corrected chi connectivity index (χ2v) is 8.42. The molecule has 5 nitrogen and oxygen atoms in total. The number of nitrogens with zero attached hydrogens (tertiary/aromatic N) is 2. The Morgan fingerprint density at radius 1 is 1.03 bits per heavy atom. The maximum Gasteiger partial charge on any atom is 0.343 e. The van der Waals surface area contributed by atoms with Crippen molar-refractivity contribution in [2.24, 2.45) is 5.92 Å². The maximum atomic E-state index is 11.8. The summed E-state index contributed by atoms with van der Waals surface area (Å²) in [4.78, 5) is 20.9. The van der Waals surface area contributed by atoms with Gasteiger partial charge in [0.25, 0.3) is 0 Å². The molecule has 1 aromatic carbocycles. The van der Waals surface area contributed by atoms with Crippen molar-refractivity contribution in [3.63, 3.8) is 0 Å². The van der Waals surface area contributed by atoms with Crippen molar-refractivity contribution >= 4 is 5.97 Å². The predicted octanol–water partition coefficient (Wildman–Crippen LogP) is 5.77. The number of aryl methyl sites for hydroxylation is 1. The summed E-state index contributed by atoms with van der Waals surface area (Å²) in [6.07, 6.45) is 13.2. The molecule has 30 heavy (non-hydrogen) atoms. The zero-order chi connectivity index (χ0) is 21.3. The highest BCUT2D eigenvalue weighted by molar-refractivity contribution is 5.80. The van der Waals surface area contributed by atoms with Gasteiger partial charge in [0.05, 0.1) is 6.10 Å². The lowest BCUT2D eigenvalue weighted by molar-refractivity contribution is -0.135. The first-order valence-corrected chi connectivity index (χ1v) is 11.3. The van der Waals surface area contributed by atoms with E-state index in [1.807, 2.05) is 31.5 Å². The van der Waals surface area contributed by atoms with Crippen molar-refractivity contribution in [1.29, 1.82) is 0 Å². The monoisotopic (exact) mass is 410 g/mol. The lowest BCUT2D eigenvalue weighted by Gasteiger charge is -2.07. The second-order valence-electron chi connectivity index (χ2n) is 8.42. The number of carbonyl (C=O) groups excluding carboxylic acids is 1. The first-order chi connectivity index (χ1) is 14.6. The molecule has 1 aliphatic heterocycles. The molecule has 2 aromatic rings. The smallest absolute Gasteiger partial charge is 0.343 e. The first-order valence-electron chi connectivity index (χ1n) is 11.3. The molecular formula is C25H34N2O3. The van der Waals surface area contributed by atoms with Crippen LogP contribution in [0.25, 0.3) is 11.1 Å². The Kier molecular flexibility index (Phi) is 8.38. The molecule has 0 spiro atoms. The van der Waals surface area contributed by atoms with E-state index >= 15 is 0 Å². The van der Waals surface area contributed by atoms with Crippen LogP contribution in [0.3, 0.4) is 0 Å². The number of hydrogen-bond acceptors (Lipinski definition) is 5. The van der Waals surface area contributed by atoms with Gasteiger partial charge in [0.2, 0.25) is 0 Å². The minimum Gasteiger partial charge on any atom is -0.425 e. The molecule has 0 bridgehead atoms. The number of epoxide rings is 1. The third kappa shape index (κ3) is 6.91. The van der Waals surface area contributed by atoms with Crippen LogP contribution in [0.1, 0.15) is 71.5 Å². The summed E-state index contributed by atoms with van der Waals surface area (Å²) in [6.45, 7) is 6.47. The summed E-state index contributed by atoms with van der Waals surface area (Å²) < 4.78 is 10.4. The molecular weight excluding hydrogens is 376 g/mol. The summed E-state index contributed by atoms with van der Waals surface area (Å²) in [5.74, 6) is 1.96. The normalized spacial score (nSPS) is 18.8. The molecule has 1 fully saturated rings. The highest BCUT2D eigenvalue weighted by Gasteiger charge is 2.42. The average Bonchev–Trinajstić information content (AvgIpc) is 3.50. The zero-order valence-corrected chi connectivity index (χ0v) is 18.5. The third-order valence-corrected chi connectivity index (χ3v) is 5.85. The number of unbranched alkanes of at least 4 members (excludes halogenated alkanes) is 4. The Hall–Kier alpha value is -2.27. The van der Waals surface area contributed by atoms with Gasteiger partial charge in [0, 0.05) is 24.4 Å². The molecule has 0 radical (unpaired) electrons. The van der Waals surface area contributed by atoms with Gasteiger partial charge < -0.3 is 9.47 Å². The molecule has 0 amide bonds. The van der Waals surface area contributed by atoms with Crippen LogP contribution in [0.4, 0.5) is 0 Å². The van der Waals surface area contributed by atoms with Crippen molar-refractivity contribution in [3.05, 3.63) is 42.5 Å². The van der Waals surface area contributed by atoms with E-state index < -0.39 is 6.10 Å². The van der Waals surface area contributed by atoms with Gasteiger partial charge in [-0.15, -0.1) is 0 Å². The minimum atomic E-state index is -0.421. The molecule has 5 heteroatoms. The molecule has 1 aromatic heterocycles. The minimum absolute atomic E-state index is 0.0398. The fourth-order valence-electron chi connectivity index (χ4n) is 3.47. The Bertz CT molecular complexity index is 789. The van der Waals surface area contributed by atoms with Crippen molar-refractivity contribution in [2.75, 3.05) is 0 Å². The van der Waals surface area contributed by atoms with Crippen LogP contribution in [0, 0.1) is 5.92 Å². The number of hydrogen-bond donors (Lipinski definition) is 0. The number of esters is 1. The summed E-state index contributed by atoms with van der Waals surface area (Å²) in [6, 6.07) is 7.40. The Morgan fingerprint density at radius 2 is 1.67 bits per heavy atom. The quantitative estimate of drug-likeness (QED) is 0.192. The van der Waals surface area contributed by atoms with Gasteiger partial charge in [0.15, 0.2) is 6.10 Å². The van der Waals surface area contributed by atoms with E-state index in [0.29, 0.717) is 5.75 Å². The van der Waals surface area contributed by atoms with Crippen LogP contribution in [0.5, 0.6) is 5.75 Å². The molecule has 0 N–H and O–H groups in total. The number of benzene rings is 1. The molecule has 1 saturated heterocycles. The van der Waals surface area contributed by atoms with Gasteiger partial charge in [0.1, 0.15) is 11.6 Å². The van der Waals surface area contributed by atoms with Crippen molar-refractivity contribution in [2.45, 2.75) is 84.3 Å². The summed E-state index contributed by atoms with van der Waals surface area (Å²) in [5, 5.41) is 0. The lowest BCUT2D eigenvalue weighted by Crippen LogP contribution is -2.16. The first kappa shape index (κ1) is 22.4. The van der Waals surface area contributed by atoms with E-state index in [4.69, 9.17) is 9.47 Å². The molecule has 162 valence electrons. The number of carbonyl (C=O) groups is 1. The molecule has 1 aliphatic rings. The van der Waals surface area contributed by atoms with Gasteiger partial charge in [-0.1, -0.05) is 64.5 Å². The van der Waals surface area contributed by atoms with Crippen molar-refractivity contribution in [3.8, 4) is 16.9 Å².